The van der Waals surface area contributed by atoms with Crippen LogP contribution >= 0.6 is 11.8 Å². The van der Waals surface area contributed by atoms with Crippen molar-refractivity contribution >= 4 is 17.7 Å². The SMILES string of the molecule is COCCCOCCOc1cccc(SC)c1C(=O)O. The topological polar surface area (TPSA) is 65.0 Å². The Kier molecular flexibility index (Phi) is 8.10. The van der Waals surface area contributed by atoms with E-state index in [-0.39, 0.29) is 5.56 Å². The highest BCUT2D eigenvalue weighted by atomic mass is 32.2. The van der Waals surface area contributed by atoms with Gasteiger partial charge in [-0.05, 0) is 24.8 Å². The molecule has 0 radical (unpaired) electrons. The monoisotopic (exact) mass is 300 g/mol. The van der Waals surface area contributed by atoms with Gasteiger partial charge in [0.15, 0.2) is 0 Å². The van der Waals surface area contributed by atoms with Crippen LogP contribution < -0.4 is 4.74 Å². The molecule has 0 heterocycles. The molecule has 1 rings (SSSR count). The molecule has 0 aromatic heterocycles. The third-order valence-corrected chi connectivity index (χ3v) is 3.32. The molecule has 0 aliphatic carbocycles. The molecule has 0 amide bonds. The van der Waals surface area contributed by atoms with E-state index in [2.05, 4.69) is 0 Å². The first kappa shape index (κ1) is 16.8. The van der Waals surface area contributed by atoms with Crippen LogP contribution in [0, 0.1) is 0 Å². The fourth-order valence-electron chi connectivity index (χ4n) is 1.63. The molecular formula is C14H20O5S. The molecule has 0 saturated carbocycles. The van der Waals surface area contributed by atoms with Gasteiger partial charge in [0.2, 0.25) is 0 Å². The molecule has 0 saturated heterocycles. The van der Waals surface area contributed by atoms with Crippen LogP contribution in [-0.4, -0.2) is 50.9 Å². The molecule has 0 aliphatic rings. The van der Waals surface area contributed by atoms with Crippen molar-refractivity contribution in [2.24, 2.45) is 0 Å². The van der Waals surface area contributed by atoms with Crippen molar-refractivity contribution in [3.05, 3.63) is 23.8 Å². The van der Waals surface area contributed by atoms with Gasteiger partial charge in [-0.25, -0.2) is 4.79 Å². The Morgan fingerprint density at radius 1 is 1.25 bits per heavy atom. The summed E-state index contributed by atoms with van der Waals surface area (Å²) in [6.45, 7) is 2.02. The fourth-order valence-corrected chi connectivity index (χ4v) is 2.24. The van der Waals surface area contributed by atoms with Crippen LogP contribution in [0.1, 0.15) is 16.8 Å². The highest BCUT2D eigenvalue weighted by Gasteiger charge is 2.15. The molecule has 0 aliphatic heterocycles. The molecule has 1 aromatic carbocycles. The zero-order valence-electron chi connectivity index (χ0n) is 11.8. The minimum absolute atomic E-state index is 0.208. The Morgan fingerprint density at radius 2 is 2.05 bits per heavy atom. The molecular weight excluding hydrogens is 280 g/mol. The van der Waals surface area contributed by atoms with Gasteiger partial charge in [0, 0.05) is 25.2 Å². The predicted octanol–water partition coefficient (Wildman–Crippen LogP) is 2.54. The van der Waals surface area contributed by atoms with Gasteiger partial charge in [0.1, 0.15) is 17.9 Å². The summed E-state index contributed by atoms with van der Waals surface area (Å²) in [6.07, 6.45) is 2.67. The first-order valence-corrected chi connectivity index (χ1v) is 7.53. The number of hydrogen-bond donors (Lipinski definition) is 1. The van der Waals surface area contributed by atoms with Crippen LogP contribution in [-0.2, 0) is 9.47 Å². The number of thioether (sulfide) groups is 1. The van der Waals surface area contributed by atoms with Crippen molar-refractivity contribution in [2.75, 3.05) is 39.8 Å². The molecule has 0 bridgehead atoms. The Labute approximate surface area is 123 Å². The number of carboxylic acids is 1. The van der Waals surface area contributed by atoms with Crippen molar-refractivity contribution in [3.8, 4) is 5.75 Å². The first-order valence-electron chi connectivity index (χ1n) is 6.30. The molecule has 0 spiro atoms. The summed E-state index contributed by atoms with van der Waals surface area (Å²) in [5.41, 5.74) is 0.208. The van der Waals surface area contributed by atoms with Crippen molar-refractivity contribution in [1.82, 2.24) is 0 Å². The summed E-state index contributed by atoms with van der Waals surface area (Å²) < 4.78 is 15.8. The van der Waals surface area contributed by atoms with Gasteiger partial charge >= 0.3 is 5.97 Å². The average molecular weight is 300 g/mol. The van der Waals surface area contributed by atoms with E-state index in [1.165, 1.54) is 11.8 Å². The number of aromatic carboxylic acids is 1. The lowest BCUT2D eigenvalue weighted by Crippen LogP contribution is -2.11. The molecule has 112 valence electrons. The van der Waals surface area contributed by atoms with Gasteiger partial charge in [-0.2, -0.15) is 0 Å². The normalized spacial score (nSPS) is 10.5. The van der Waals surface area contributed by atoms with Crippen molar-refractivity contribution < 1.29 is 24.1 Å². The Morgan fingerprint density at radius 3 is 2.70 bits per heavy atom. The lowest BCUT2D eigenvalue weighted by Gasteiger charge is -2.11. The van der Waals surface area contributed by atoms with E-state index >= 15 is 0 Å². The Bertz CT molecular complexity index is 422. The third kappa shape index (κ3) is 5.40. The number of carbonyl (C=O) groups is 1. The molecule has 1 aromatic rings. The van der Waals surface area contributed by atoms with E-state index < -0.39 is 5.97 Å². The molecule has 20 heavy (non-hydrogen) atoms. The highest BCUT2D eigenvalue weighted by molar-refractivity contribution is 7.98. The van der Waals surface area contributed by atoms with E-state index in [4.69, 9.17) is 14.2 Å². The first-order chi connectivity index (χ1) is 9.70. The maximum atomic E-state index is 11.3. The second-order valence-electron chi connectivity index (χ2n) is 3.95. The number of carboxylic acid groups (broad SMARTS) is 1. The molecule has 5 nitrogen and oxygen atoms in total. The van der Waals surface area contributed by atoms with Gasteiger partial charge in [-0.15, -0.1) is 11.8 Å². The minimum atomic E-state index is -0.981. The van der Waals surface area contributed by atoms with E-state index in [9.17, 15) is 9.90 Å². The summed E-state index contributed by atoms with van der Waals surface area (Å²) in [7, 11) is 1.65. The number of methoxy groups -OCH3 is 1. The number of rotatable bonds is 10. The smallest absolute Gasteiger partial charge is 0.340 e. The van der Waals surface area contributed by atoms with Crippen LogP contribution in [0.4, 0.5) is 0 Å². The van der Waals surface area contributed by atoms with Crippen LogP contribution in [0.3, 0.4) is 0 Å². The maximum Gasteiger partial charge on any atom is 0.340 e. The predicted molar refractivity (Wildman–Crippen MR) is 78.0 cm³/mol. The number of benzene rings is 1. The van der Waals surface area contributed by atoms with Gasteiger partial charge in [0.25, 0.3) is 0 Å². The molecule has 6 heteroatoms. The standard InChI is InChI=1S/C14H20O5S/c1-17-7-4-8-18-9-10-19-11-5-3-6-12(20-2)13(11)14(15)16/h3,5-6H,4,7-10H2,1-2H3,(H,15,16). The Balaban J connectivity index is 2.45. The summed E-state index contributed by atoms with van der Waals surface area (Å²) in [5.74, 6) is -0.601. The number of hydrogen-bond acceptors (Lipinski definition) is 5. The summed E-state index contributed by atoms with van der Waals surface area (Å²) in [5, 5.41) is 9.24. The second-order valence-corrected chi connectivity index (χ2v) is 4.79. The van der Waals surface area contributed by atoms with Crippen LogP contribution in [0.2, 0.25) is 0 Å². The largest absolute Gasteiger partial charge is 0.490 e. The quantitative estimate of drug-likeness (QED) is 0.529. The van der Waals surface area contributed by atoms with Gasteiger partial charge in [0.05, 0.1) is 6.61 Å². The van der Waals surface area contributed by atoms with Crippen LogP contribution in [0.5, 0.6) is 5.75 Å². The van der Waals surface area contributed by atoms with E-state index in [1.807, 2.05) is 6.26 Å². The minimum Gasteiger partial charge on any atom is -0.490 e. The molecule has 1 N–H and O–H groups in total. The summed E-state index contributed by atoms with van der Waals surface area (Å²) in [6, 6.07) is 5.21. The highest BCUT2D eigenvalue weighted by Crippen LogP contribution is 2.28. The van der Waals surface area contributed by atoms with Crippen molar-refractivity contribution in [1.29, 1.82) is 0 Å². The van der Waals surface area contributed by atoms with E-state index in [1.54, 1.807) is 25.3 Å². The third-order valence-electron chi connectivity index (χ3n) is 2.54. The van der Waals surface area contributed by atoms with Crippen LogP contribution in [0.15, 0.2) is 23.1 Å². The molecule has 0 fully saturated rings. The summed E-state index contributed by atoms with van der Waals surface area (Å²) >= 11 is 1.38. The lowest BCUT2D eigenvalue weighted by molar-refractivity contribution is 0.0672. The molecule has 0 unspecified atom stereocenters. The van der Waals surface area contributed by atoms with Crippen molar-refractivity contribution in [2.45, 2.75) is 11.3 Å². The average Bonchev–Trinajstić information content (AvgIpc) is 2.45. The second kappa shape index (κ2) is 9.63. The van der Waals surface area contributed by atoms with E-state index in [0.717, 1.165) is 6.42 Å². The van der Waals surface area contributed by atoms with Gasteiger partial charge in [-0.3, -0.25) is 0 Å². The zero-order chi connectivity index (χ0) is 14.8. The van der Waals surface area contributed by atoms with Crippen LogP contribution in [0.25, 0.3) is 0 Å². The zero-order valence-corrected chi connectivity index (χ0v) is 12.6. The van der Waals surface area contributed by atoms with Gasteiger partial charge in [-0.1, -0.05) is 6.07 Å². The number of ether oxygens (including phenoxy) is 3. The fraction of sp³-hybridized carbons (Fsp3) is 0.500. The Hall–Kier alpha value is -1.24. The maximum absolute atomic E-state index is 11.3. The lowest BCUT2D eigenvalue weighted by atomic mass is 10.2. The van der Waals surface area contributed by atoms with Gasteiger partial charge < -0.3 is 19.3 Å². The van der Waals surface area contributed by atoms with Crippen molar-refractivity contribution in [3.63, 3.8) is 0 Å². The molecule has 0 atom stereocenters. The van der Waals surface area contributed by atoms with E-state index in [0.29, 0.717) is 37.1 Å². The summed E-state index contributed by atoms with van der Waals surface area (Å²) in [4.78, 5) is 12.0.